The molecule has 0 radical (unpaired) electrons. The van der Waals surface area contributed by atoms with Gasteiger partial charge < -0.3 is 0 Å². The van der Waals surface area contributed by atoms with E-state index in [-0.39, 0.29) is 23.7 Å². The zero-order valence-corrected chi connectivity index (χ0v) is 30.0. The summed E-state index contributed by atoms with van der Waals surface area (Å²) in [5.74, 6) is 0.199. The lowest BCUT2D eigenvalue weighted by Crippen LogP contribution is -2.32. The van der Waals surface area contributed by atoms with Crippen molar-refractivity contribution in [1.29, 1.82) is 0 Å². The fraction of sp³-hybridized carbons (Fsp3) is 0.243. The van der Waals surface area contributed by atoms with Gasteiger partial charge in [-0.15, -0.1) is 56.7 Å². The molecule has 0 fully saturated rings. The van der Waals surface area contributed by atoms with Crippen molar-refractivity contribution in [3.63, 3.8) is 0 Å². The maximum absolute atomic E-state index is 14.8. The maximum Gasteiger partial charge on any atom is 0.267 e. The summed E-state index contributed by atoms with van der Waals surface area (Å²) in [5.41, 5.74) is 5.20. The van der Waals surface area contributed by atoms with Crippen LogP contribution < -0.4 is 4.90 Å². The number of nitrogens with zero attached hydrogens (tertiary/aromatic N) is 1. The average molecular weight is 684 g/mol. The maximum atomic E-state index is 14.8. The molecule has 0 aliphatic carbocycles. The van der Waals surface area contributed by atoms with Gasteiger partial charge in [0.2, 0.25) is 0 Å². The van der Waals surface area contributed by atoms with Crippen LogP contribution in [0.4, 0.5) is 5.69 Å². The molecule has 6 aromatic rings. The molecular formula is C37H33NO2S5. The Labute approximate surface area is 284 Å². The largest absolute Gasteiger partial charge is 0.268 e. The second kappa shape index (κ2) is 11.9. The molecule has 0 saturated carbocycles. The minimum absolute atomic E-state index is 0.143. The second-order valence-corrected chi connectivity index (χ2v) is 17.3. The van der Waals surface area contributed by atoms with Crippen LogP contribution in [0.25, 0.3) is 39.0 Å². The number of fused-ring (bicyclic) bond motifs is 1. The van der Waals surface area contributed by atoms with Crippen LogP contribution in [0.5, 0.6) is 0 Å². The zero-order valence-electron chi connectivity index (χ0n) is 26.0. The van der Waals surface area contributed by atoms with Gasteiger partial charge in [-0.3, -0.25) is 9.59 Å². The van der Waals surface area contributed by atoms with Gasteiger partial charge in [-0.25, -0.2) is 4.90 Å². The van der Waals surface area contributed by atoms with Crippen molar-refractivity contribution in [2.75, 3.05) is 4.90 Å². The molecule has 5 aromatic heterocycles. The second-order valence-electron chi connectivity index (χ2n) is 12.3. The SMILES string of the molecule is CC(C)c1cc(C(C)C)c(N2C(=O)c3c(-c4ccc(-c5cccs5)s4)sc(-c4ccc(-c5cccs5)s4)c3C2=O)c(C(C)C)c1. The van der Waals surface area contributed by atoms with Crippen LogP contribution in [0, 0.1) is 0 Å². The predicted molar refractivity (Wildman–Crippen MR) is 197 cm³/mol. The lowest BCUT2D eigenvalue weighted by atomic mass is 9.87. The first-order chi connectivity index (χ1) is 21.6. The molecule has 0 spiro atoms. The van der Waals surface area contributed by atoms with Gasteiger partial charge in [0.05, 0.1) is 26.6 Å². The quantitative estimate of drug-likeness (QED) is 0.150. The Hall–Kier alpha value is -3.14. The molecule has 6 heterocycles. The highest BCUT2D eigenvalue weighted by molar-refractivity contribution is 7.30. The Morgan fingerprint density at radius 1 is 0.533 bits per heavy atom. The van der Waals surface area contributed by atoms with Crippen molar-refractivity contribution in [1.82, 2.24) is 0 Å². The Balaban J connectivity index is 1.44. The predicted octanol–water partition coefficient (Wildman–Crippen LogP) is 12.8. The number of carbonyl (C=O) groups is 2. The highest BCUT2D eigenvalue weighted by atomic mass is 32.1. The summed E-state index contributed by atoms with van der Waals surface area (Å²) in [4.78, 5) is 39.6. The van der Waals surface area contributed by atoms with Gasteiger partial charge in [0.15, 0.2) is 0 Å². The van der Waals surface area contributed by atoms with Crippen molar-refractivity contribution in [2.45, 2.75) is 59.3 Å². The fourth-order valence-corrected chi connectivity index (χ4v) is 11.1. The van der Waals surface area contributed by atoms with Gasteiger partial charge in [0.25, 0.3) is 11.8 Å². The molecule has 7 rings (SSSR count). The Bertz CT molecular complexity index is 1900. The molecule has 0 N–H and O–H groups in total. The van der Waals surface area contributed by atoms with E-state index in [0.29, 0.717) is 17.0 Å². The first kappa shape index (κ1) is 30.5. The van der Waals surface area contributed by atoms with Crippen LogP contribution in [0.3, 0.4) is 0 Å². The van der Waals surface area contributed by atoms with E-state index in [9.17, 15) is 9.59 Å². The standard InChI is InChI=1S/C37H33NO2S5/c1-19(2)22-17-23(20(3)4)33(24(18-22)21(5)6)38-36(39)31-32(37(38)40)35(30-14-12-28(44-30)26-10-8-16-42-26)45-34(31)29-13-11-27(43-29)25-9-7-15-41-25/h7-21H,1-6H3. The molecule has 8 heteroatoms. The normalized spacial score (nSPS) is 13.3. The molecule has 3 nitrogen and oxygen atoms in total. The molecule has 2 amide bonds. The van der Waals surface area contributed by atoms with Crippen molar-refractivity contribution in [3.05, 3.63) is 99.2 Å². The number of hydrogen-bond acceptors (Lipinski definition) is 7. The lowest BCUT2D eigenvalue weighted by Gasteiger charge is -2.27. The highest BCUT2D eigenvalue weighted by Crippen LogP contribution is 2.53. The summed E-state index contributed by atoms with van der Waals surface area (Å²) < 4.78 is 0. The third-order valence-electron chi connectivity index (χ3n) is 8.26. The van der Waals surface area contributed by atoms with E-state index in [1.54, 1.807) is 56.7 Å². The molecular weight excluding hydrogens is 651 g/mol. The van der Waals surface area contributed by atoms with Crippen LogP contribution in [0.1, 0.15) is 96.7 Å². The number of carbonyl (C=O) groups excluding carboxylic acids is 2. The Morgan fingerprint density at radius 3 is 1.36 bits per heavy atom. The molecule has 1 aromatic carbocycles. The molecule has 1 aliphatic rings. The van der Waals surface area contributed by atoms with E-state index >= 15 is 0 Å². The van der Waals surface area contributed by atoms with Gasteiger partial charge >= 0.3 is 0 Å². The fourth-order valence-electron chi connectivity index (χ4n) is 5.90. The summed E-state index contributed by atoms with van der Waals surface area (Å²) in [6, 6.07) is 21.3. The smallest absolute Gasteiger partial charge is 0.267 e. The van der Waals surface area contributed by atoms with Gasteiger partial charge in [0.1, 0.15) is 0 Å². The van der Waals surface area contributed by atoms with E-state index in [0.717, 1.165) is 36.3 Å². The minimum Gasteiger partial charge on any atom is -0.268 e. The number of amides is 2. The molecule has 0 saturated heterocycles. The van der Waals surface area contributed by atoms with Crippen LogP contribution in [0.15, 0.2) is 71.4 Å². The number of imide groups is 1. The first-order valence-electron chi connectivity index (χ1n) is 15.2. The number of thiophene rings is 5. The minimum atomic E-state index is -0.213. The third-order valence-corrected chi connectivity index (χ3v) is 14.1. The van der Waals surface area contributed by atoms with Gasteiger partial charge in [-0.1, -0.05) is 65.8 Å². The van der Waals surface area contributed by atoms with Crippen molar-refractivity contribution < 1.29 is 9.59 Å². The monoisotopic (exact) mass is 683 g/mol. The van der Waals surface area contributed by atoms with Gasteiger partial charge in [-0.2, -0.15) is 0 Å². The third kappa shape index (κ3) is 5.21. The van der Waals surface area contributed by atoms with E-state index in [1.807, 2.05) is 0 Å². The average Bonchev–Trinajstić information content (AvgIpc) is 3.85. The van der Waals surface area contributed by atoms with Crippen molar-refractivity contribution in [2.24, 2.45) is 0 Å². The summed E-state index contributed by atoms with van der Waals surface area (Å²) in [5, 5.41) is 4.17. The molecule has 0 unspecified atom stereocenters. The first-order valence-corrected chi connectivity index (χ1v) is 19.4. The van der Waals surface area contributed by atoms with E-state index in [4.69, 9.17) is 0 Å². The summed E-state index contributed by atoms with van der Waals surface area (Å²) in [6.45, 7) is 13.0. The zero-order chi connectivity index (χ0) is 31.6. The molecule has 0 bridgehead atoms. The van der Waals surface area contributed by atoms with Crippen molar-refractivity contribution in [3.8, 4) is 39.0 Å². The molecule has 0 atom stereocenters. The van der Waals surface area contributed by atoms with E-state index in [1.165, 1.54) is 30.0 Å². The number of hydrogen-bond donors (Lipinski definition) is 0. The highest BCUT2D eigenvalue weighted by Gasteiger charge is 2.45. The molecule has 45 heavy (non-hydrogen) atoms. The summed E-state index contributed by atoms with van der Waals surface area (Å²) in [6.07, 6.45) is 0. The Morgan fingerprint density at radius 2 is 0.978 bits per heavy atom. The van der Waals surface area contributed by atoms with Gasteiger partial charge in [0, 0.05) is 29.3 Å². The van der Waals surface area contributed by atoms with Crippen LogP contribution in [0.2, 0.25) is 0 Å². The summed E-state index contributed by atoms with van der Waals surface area (Å²) >= 11 is 8.38. The van der Waals surface area contributed by atoms with Crippen LogP contribution in [-0.2, 0) is 0 Å². The number of anilines is 1. The van der Waals surface area contributed by atoms with Crippen LogP contribution in [-0.4, -0.2) is 11.8 Å². The van der Waals surface area contributed by atoms with E-state index < -0.39 is 0 Å². The number of rotatable bonds is 8. The molecule has 228 valence electrons. The number of benzene rings is 1. The van der Waals surface area contributed by atoms with Crippen molar-refractivity contribution >= 4 is 74.2 Å². The topological polar surface area (TPSA) is 37.4 Å². The van der Waals surface area contributed by atoms with Gasteiger partial charge in [-0.05, 0) is 81.6 Å². The lowest BCUT2D eigenvalue weighted by molar-refractivity contribution is 0.0926. The summed E-state index contributed by atoms with van der Waals surface area (Å²) in [7, 11) is 0. The molecule has 1 aliphatic heterocycles. The van der Waals surface area contributed by atoms with E-state index in [2.05, 4.69) is 113 Å². The van der Waals surface area contributed by atoms with Crippen LogP contribution >= 0.6 is 56.7 Å². The Kier molecular flexibility index (Phi) is 8.07.